The van der Waals surface area contributed by atoms with Crippen LogP contribution in [0.5, 0.6) is 0 Å². The summed E-state index contributed by atoms with van der Waals surface area (Å²) in [6.45, 7) is 4.21. The smallest absolute Gasteiger partial charge is 0.138 e. The molecule has 0 saturated heterocycles. The van der Waals surface area contributed by atoms with E-state index in [9.17, 15) is 0 Å². The maximum Gasteiger partial charge on any atom is 0.138 e. The normalized spacial score (nSPS) is 18.6. The average Bonchev–Trinajstić information content (AvgIpc) is 2.54. The van der Waals surface area contributed by atoms with Crippen molar-refractivity contribution in [3.8, 4) is 0 Å². The van der Waals surface area contributed by atoms with Gasteiger partial charge in [-0.1, -0.05) is 6.92 Å². The Morgan fingerprint density at radius 1 is 1.29 bits per heavy atom. The van der Waals surface area contributed by atoms with E-state index in [0.717, 1.165) is 10.7 Å². The van der Waals surface area contributed by atoms with Gasteiger partial charge in [0.1, 0.15) is 6.17 Å². The van der Waals surface area contributed by atoms with E-state index in [4.69, 9.17) is 0 Å². The molecule has 0 radical (unpaired) electrons. The average molecular weight is 206 g/mol. The lowest BCUT2D eigenvalue weighted by molar-refractivity contribution is 0.787. The molecule has 2 nitrogen and oxygen atoms in total. The number of hydrogen-bond acceptors (Lipinski definition) is 3. The van der Waals surface area contributed by atoms with Gasteiger partial charge in [-0.2, -0.15) is 0 Å². The fourth-order valence-corrected chi connectivity index (χ4v) is 2.26. The van der Waals surface area contributed by atoms with Gasteiger partial charge in [-0.05, 0) is 37.3 Å². The lowest BCUT2D eigenvalue weighted by Crippen LogP contribution is -2.20. The quantitative estimate of drug-likeness (QED) is 0.692. The molecule has 1 aromatic carbocycles. The minimum atomic E-state index is 0.108. The van der Waals surface area contributed by atoms with E-state index in [1.807, 2.05) is 18.7 Å². The molecule has 0 saturated carbocycles. The Labute approximate surface area is 88.2 Å². The third-order valence-electron chi connectivity index (χ3n) is 2.07. The largest absolute Gasteiger partial charge is 0.257 e. The highest BCUT2D eigenvalue weighted by molar-refractivity contribution is 7.99. The van der Waals surface area contributed by atoms with E-state index < -0.39 is 0 Å². The Morgan fingerprint density at radius 3 is 2.86 bits per heavy atom. The second-order valence-electron chi connectivity index (χ2n) is 3.39. The highest BCUT2D eigenvalue weighted by atomic mass is 32.2. The lowest BCUT2D eigenvalue weighted by Gasteiger charge is -1.97. The summed E-state index contributed by atoms with van der Waals surface area (Å²) in [6, 6.07) is 6.35. The molecule has 0 fully saturated rings. The van der Waals surface area contributed by atoms with Crippen LogP contribution < -0.4 is 10.7 Å². The third kappa shape index (κ3) is 1.98. The van der Waals surface area contributed by atoms with Crippen LogP contribution >= 0.6 is 11.8 Å². The molecule has 1 aliphatic heterocycles. The Bertz CT molecular complexity index is 439. The van der Waals surface area contributed by atoms with Crippen LogP contribution in [0.4, 0.5) is 0 Å². The van der Waals surface area contributed by atoms with Crippen molar-refractivity contribution in [1.82, 2.24) is 0 Å². The predicted octanol–water partition coefficient (Wildman–Crippen LogP) is 1.79. The first-order valence-corrected chi connectivity index (χ1v) is 5.96. The van der Waals surface area contributed by atoms with E-state index in [1.54, 1.807) is 0 Å². The van der Waals surface area contributed by atoms with Gasteiger partial charge in [0.15, 0.2) is 0 Å². The van der Waals surface area contributed by atoms with Crippen LogP contribution in [0.2, 0.25) is 0 Å². The van der Waals surface area contributed by atoms with Crippen molar-refractivity contribution in [2.24, 2.45) is 9.98 Å². The maximum atomic E-state index is 4.44. The van der Waals surface area contributed by atoms with Gasteiger partial charge in [-0.3, -0.25) is 9.98 Å². The van der Waals surface area contributed by atoms with Crippen LogP contribution in [0.15, 0.2) is 33.1 Å². The van der Waals surface area contributed by atoms with E-state index >= 15 is 0 Å². The molecule has 0 N–H and O–H groups in total. The zero-order valence-electron chi connectivity index (χ0n) is 8.53. The fraction of sp³-hybridized carbons (Fsp3) is 0.455. The summed E-state index contributed by atoms with van der Waals surface area (Å²) < 4.78 is 0. The number of hydrogen-bond donors (Lipinski definition) is 0. The van der Waals surface area contributed by atoms with E-state index in [2.05, 4.69) is 35.1 Å². The van der Waals surface area contributed by atoms with Crippen LogP contribution in [0.25, 0.3) is 0 Å². The molecule has 14 heavy (non-hydrogen) atoms. The molecule has 1 aromatic rings. The molecule has 0 aromatic heterocycles. The molecule has 74 valence electrons. The lowest BCUT2D eigenvalue weighted by atomic mass is 10.3. The van der Waals surface area contributed by atoms with E-state index in [1.165, 1.54) is 17.1 Å². The van der Waals surface area contributed by atoms with Crippen molar-refractivity contribution >= 4 is 11.8 Å². The summed E-state index contributed by atoms with van der Waals surface area (Å²) in [7, 11) is 0. The Kier molecular flexibility index (Phi) is 2.87. The van der Waals surface area contributed by atoms with Crippen molar-refractivity contribution in [3.05, 3.63) is 28.9 Å². The van der Waals surface area contributed by atoms with Crippen molar-refractivity contribution in [3.63, 3.8) is 0 Å². The molecule has 0 bridgehead atoms. The summed E-state index contributed by atoms with van der Waals surface area (Å²) in [6.07, 6.45) is 1.32. The minimum absolute atomic E-state index is 0.108. The first kappa shape index (κ1) is 9.71. The monoisotopic (exact) mass is 206 g/mol. The predicted molar refractivity (Wildman–Crippen MR) is 59.2 cm³/mol. The van der Waals surface area contributed by atoms with E-state index in [0.29, 0.717) is 0 Å². The van der Waals surface area contributed by atoms with E-state index in [-0.39, 0.29) is 6.17 Å². The van der Waals surface area contributed by atoms with Crippen LogP contribution in [0.1, 0.15) is 20.3 Å². The van der Waals surface area contributed by atoms with Crippen molar-refractivity contribution in [2.75, 3.05) is 5.75 Å². The molecule has 0 aliphatic carbocycles. The molecular formula is C11H14N2S. The zero-order chi connectivity index (χ0) is 9.97. The first-order chi connectivity index (χ1) is 6.79. The molecule has 1 aliphatic rings. The summed E-state index contributed by atoms with van der Waals surface area (Å²) in [5.41, 5.74) is 0. The first-order valence-electron chi connectivity index (χ1n) is 4.98. The Balaban J connectivity index is 2.30. The molecule has 1 heterocycles. The maximum absolute atomic E-state index is 4.44. The second kappa shape index (κ2) is 4.13. The Hall–Kier alpha value is -0.830. The van der Waals surface area contributed by atoms with Gasteiger partial charge in [-0.25, -0.2) is 0 Å². The topological polar surface area (TPSA) is 24.7 Å². The third-order valence-corrected chi connectivity index (χ3v) is 3.27. The number of rotatable bonds is 3. The summed E-state index contributed by atoms with van der Waals surface area (Å²) in [5.74, 6) is 1.17. The standard InChI is InChI=1S/C11H14N2S/c1-3-6-14-9-4-5-10-11(7-9)13-8(2)12-10/h4-5,7-8H,3,6H2,1-2H3. The van der Waals surface area contributed by atoms with Crippen LogP contribution in [-0.2, 0) is 0 Å². The highest BCUT2D eigenvalue weighted by Crippen LogP contribution is 2.15. The molecule has 2 rings (SSSR count). The summed E-state index contributed by atoms with van der Waals surface area (Å²) >= 11 is 1.89. The van der Waals surface area contributed by atoms with Gasteiger partial charge in [0.05, 0.1) is 10.7 Å². The number of benzene rings is 1. The molecule has 0 spiro atoms. The summed E-state index contributed by atoms with van der Waals surface area (Å²) in [5, 5.41) is 2.09. The van der Waals surface area contributed by atoms with Gasteiger partial charge in [-0.15, -0.1) is 11.8 Å². The van der Waals surface area contributed by atoms with Gasteiger partial charge in [0.25, 0.3) is 0 Å². The minimum Gasteiger partial charge on any atom is -0.257 e. The molecule has 3 heteroatoms. The number of thioether (sulfide) groups is 1. The number of fused-ring (bicyclic) bond motifs is 1. The number of nitrogens with zero attached hydrogens (tertiary/aromatic N) is 2. The van der Waals surface area contributed by atoms with Gasteiger partial charge < -0.3 is 0 Å². The fourth-order valence-electron chi connectivity index (χ4n) is 1.46. The zero-order valence-corrected chi connectivity index (χ0v) is 9.34. The van der Waals surface area contributed by atoms with Crippen molar-refractivity contribution < 1.29 is 0 Å². The molecule has 0 amide bonds. The van der Waals surface area contributed by atoms with Crippen molar-refractivity contribution in [1.29, 1.82) is 0 Å². The molecule has 1 atom stereocenters. The Morgan fingerprint density at radius 2 is 2.07 bits per heavy atom. The molecular weight excluding hydrogens is 192 g/mol. The van der Waals surface area contributed by atoms with Crippen LogP contribution in [0.3, 0.4) is 0 Å². The van der Waals surface area contributed by atoms with Crippen LogP contribution in [0, 0.1) is 0 Å². The van der Waals surface area contributed by atoms with Crippen LogP contribution in [-0.4, -0.2) is 11.9 Å². The van der Waals surface area contributed by atoms with Gasteiger partial charge in [0, 0.05) is 4.90 Å². The van der Waals surface area contributed by atoms with Gasteiger partial charge in [0.2, 0.25) is 0 Å². The SMILES string of the molecule is CCCSc1ccc2c(c1)=NC(C)N=2. The van der Waals surface area contributed by atoms with Gasteiger partial charge >= 0.3 is 0 Å². The highest BCUT2D eigenvalue weighted by Gasteiger charge is 2.04. The molecule has 1 unspecified atom stereocenters. The van der Waals surface area contributed by atoms with Crippen molar-refractivity contribution in [2.45, 2.75) is 31.3 Å². The summed E-state index contributed by atoms with van der Waals surface area (Å²) in [4.78, 5) is 10.1. The second-order valence-corrected chi connectivity index (χ2v) is 4.56.